The van der Waals surface area contributed by atoms with E-state index >= 15 is 0 Å². The molecule has 5 rings (SSSR count). The quantitative estimate of drug-likeness (QED) is 0.727. The van der Waals surface area contributed by atoms with Crippen LogP contribution in [0.25, 0.3) is 0 Å². The van der Waals surface area contributed by atoms with E-state index in [0.717, 1.165) is 12.6 Å². The number of nitrogens with zero attached hydrogens (tertiary/aromatic N) is 4. The first-order valence-corrected chi connectivity index (χ1v) is 9.45. The maximum Gasteiger partial charge on any atom is 0.105 e. The summed E-state index contributed by atoms with van der Waals surface area (Å²) in [4.78, 5) is 11.0. The van der Waals surface area contributed by atoms with E-state index in [9.17, 15) is 0 Å². The van der Waals surface area contributed by atoms with Crippen molar-refractivity contribution in [1.29, 1.82) is 0 Å². The van der Waals surface area contributed by atoms with Crippen molar-refractivity contribution >= 4 is 5.84 Å². The predicted molar refractivity (Wildman–Crippen MR) is 104 cm³/mol. The van der Waals surface area contributed by atoms with E-state index in [1.165, 1.54) is 61.7 Å². The molecule has 4 heteroatoms. The SMILES string of the molecule is CC1=NCC2CCCN12.Cc1ccccc1.Cc1ncc2n1CCC2. The van der Waals surface area contributed by atoms with Gasteiger partial charge >= 0.3 is 0 Å². The van der Waals surface area contributed by atoms with Crippen LogP contribution in [0.15, 0.2) is 41.5 Å². The lowest BCUT2D eigenvalue weighted by Crippen LogP contribution is -2.28. The second kappa shape index (κ2) is 8.32. The fourth-order valence-corrected chi connectivity index (χ4v) is 3.75. The van der Waals surface area contributed by atoms with Crippen LogP contribution < -0.4 is 0 Å². The van der Waals surface area contributed by atoms with Crippen LogP contribution in [0.5, 0.6) is 0 Å². The average molecular weight is 338 g/mol. The summed E-state index contributed by atoms with van der Waals surface area (Å²) in [6, 6.07) is 11.0. The first-order chi connectivity index (χ1) is 12.1. The topological polar surface area (TPSA) is 33.4 Å². The Morgan fingerprint density at radius 1 is 1.00 bits per heavy atom. The van der Waals surface area contributed by atoms with Gasteiger partial charge in [0, 0.05) is 31.0 Å². The largest absolute Gasteiger partial charge is 0.356 e. The number of hydrogen-bond acceptors (Lipinski definition) is 3. The van der Waals surface area contributed by atoms with E-state index in [1.54, 1.807) is 0 Å². The maximum atomic E-state index is 4.36. The molecule has 3 aliphatic heterocycles. The Morgan fingerprint density at radius 3 is 2.44 bits per heavy atom. The van der Waals surface area contributed by atoms with Crippen molar-refractivity contribution in [2.45, 2.75) is 59.0 Å². The van der Waals surface area contributed by atoms with E-state index in [2.05, 4.69) is 52.3 Å². The molecule has 3 aliphatic rings. The molecule has 0 spiro atoms. The van der Waals surface area contributed by atoms with Crippen molar-refractivity contribution in [2.75, 3.05) is 13.1 Å². The van der Waals surface area contributed by atoms with Gasteiger partial charge in [-0.1, -0.05) is 35.9 Å². The summed E-state index contributed by atoms with van der Waals surface area (Å²) >= 11 is 0. The zero-order valence-corrected chi connectivity index (χ0v) is 15.8. The molecule has 4 nitrogen and oxygen atoms in total. The Hall–Kier alpha value is -2.10. The summed E-state index contributed by atoms with van der Waals surface area (Å²) in [6.07, 6.45) is 7.25. The Morgan fingerprint density at radius 2 is 1.80 bits per heavy atom. The Bertz CT molecular complexity index is 702. The van der Waals surface area contributed by atoms with Gasteiger partial charge in [-0.3, -0.25) is 4.99 Å². The van der Waals surface area contributed by atoms with Crippen LogP contribution in [0.3, 0.4) is 0 Å². The van der Waals surface area contributed by atoms with Crippen molar-refractivity contribution in [2.24, 2.45) is 4.99 Å². The molecule has 0 N–H and O–H groups in total. The van der Waals surface area contributed by atoms with Gasteiger partial charge in [-0.05, 0) is 46.5 Å². The number of benzene rings is 1. The predicted octanol–water partition coefficient (Wildman–Crippen LogP) is 4.02. The molecule has 0 aliphatic carbocycles. The summed E-state index contributed by atoms with van der Waals surface area (Å²) in [5, 5.41) is 0. The molecule has 1 aromatic carbocycles. The summed E-state index contributed by atoms with van der Waals surface area (Å²) in [5.74, 6) is 2.43. The minimum Gasteiger partial charge on any atom is -0.356 e. The molecule has 0 bridgehead atoms. The Balaban J connectivity index is 0.000000111. The highest BCUT2D eigenvalue weighted by atomic mass is 15.3. The monoisotopic (exact) mass is 338 g/mol. The zero-order chi connectivity index (χ0) is 17.6. The average Bonchev–Trinajstić information content (AvgIpc) is 3.37. The van der Waals surface area contributed by atoms with E-state index in [0.29, 0.717) is 0 Å². The highest BCUT2D eigenvalue weighted by Gasteiger charge is 2.28. The molecule has 1 saturated heterocycles. The number of fused-ring (bicyclic) bond motifs is 2. The number of hydrogen-bond donors (Lipinski definition) is 0. The number of imidazole rings is 1. The molecule has 2 aromatic rings. The van der Waals surface area contributed by atoms with Crippen molar-refractivity contribution in [3.05, 3.63) is 53.6 Å². The lowest BCUT2D eigenvalue weighted by Gasteiger charge is -2.16. The maximum absolute atomic E-state index is 4.36. The Labute approximate surface area is 151 Å². The van der Waals surface area contributed by atoms with E-state index in [1.807, 2.05) is 24.4 Å². The molecule has 0 amide bonds. The fourth-order valence-electron chi connectivity index (χ4n) is 3.75. The van der Waals surface area contributed by atoms with Crippen LogP contribution in [0, 0.1) is 13.8 Å². The summed E-state index contributed by atoms with van der Waals surface area (Å²) in [5.41, 5.74) is 2.73. The third-order valence-corrected chi connectivity index (χ3v) is 5.22. The van der Waals surface area contributed by atoms with Crippen LogP contribution in [-0.4, -0.2) is 39.4 Å². The van der Waals surface area contributed by atoms with Gasteiger partial charge < -0.3 is 9.47 Å². The van der Waals surface area contributed by atoms with Crippen LogP contribution in [-0.2, 0) is 13.0 Å². The molecule has 25 heavy (non-hydrogen) atoms. The number of aryl methyl sites for hydroxylation is 3. The smallest absolute Gasteiger partial charge is 0.105 e. The minimum absolute atomic E-state index is 0.782. The summed E-state index contributed by atoms with van der Waals surface area (Å²) in [6.45, 7) is 9.76. The van der Waals surface area contributed by atoms with Crippen LogP contribution >= 0.6 is 0 Å². The van der Waals surface area contributed by atoms with Gasteiger partial charge in [0.15, 0.2) is 0 Å². The number of aliphatic imine (C=N–C) groups is 1. The van der Waals surface area contributed by atoms with Gasteiger partial charge in [0.25, 0.3) is 0 Å². The molecule has 134 valence electrons. The van der Waals surface area contributed by atoms with Gasteiger partial charge in [0.05, 0.1) is 12.4 Å². The molecule has 1 aromatic heterocycles. The second-order valence-electron chi connectivity index (χ2n) is 7.08. The van der Waals surface area contributed by atoms with Gasteiger partial charge in [-0.2, -0.15) is 0 Å². The third-order valence-electron chi connectivity index (χ3n) is 5.22. The normalized spacial score (nSPS) is 20.0. The second-order valence-corrected chi connectivity index (χ2v) is 7.08. The fraction of sp³-hybridized carbons (Fsp3) is 0.524. The van der Waals surface area contributed by atoms with Crippen LogP contribution in [0.2, 0.25) is 0 Å². The number of rotatable bonds is 0. The van der Waals surface area contributed by atoms with E-state index < -0.39 is 0 Å². The lowest BCUT2D eigenvalue weighted by molar-refractivity contribution is 0.428. The van der Waals surface area contributed by atoms with E-state index in [4.69, 9.17) is 0 Å². The standard InChI is InChI=1S/C7H12N2.C7H10N2.C7H8/c2*1-6-8-5-7-3-2-4-9(6)7;1-7-5-3-2-4-6-7/h7H,2-5H2,1H3;5H,2-4H2,1H3;2-6H,1H3. The van der Waals surface area contributed by atoms with Crippen molar-refractivity contribution in [3.8, 4) is 0 Å². The molecule has 0 saturated carbocycles. The highest BCUT2D eigenvalue weighted by molar-refractivity contribution is 5.81. The Kier molecular flexibility index (Phi) is 5.90. The van der Waals surface area contributed by atoms with Gasteiger partial charge in [0.2, 0.25) is 0 Å². The summed E-state index contributed by atoms with van der Waals surface area (Å²) in [7, 11) is 0. The first kappa shape index (κ1) is 17.7. The van der Waals surface area contributed by atoms with Crippen LogP contribution in [0.4, 0.5) is 0 Å². The van der Waals surface area contributed by atoms with Gasteiger partial charge in [-0.15, -0.1) is 0 Å². The molecule has 1 fully saturated rings. The number of amidine groups is 1. The van der Waals surface area contributed by atoms with E-state index in [-0.39, 0.29) is 0 Å². The molecule has 4 heterocycles. The van der Waals surface area contributed by atoms with Crippen molar-refractivity contribution < 1.29 is 0 Å². The summed E-state index contributed by atoms with van der Waals surface area (Å²) < 4.78 is 2.29. The molecule has 1 atom stereocenters. The van der Waals surface area contributed by atoms with Crippen molar-refractivity contribution in [1.82, 2.24) is 14.5 Å². The minimum atomic E-state index is 0.782. The molecule has 0 radical (unpaired) electrons. The van der Waals surface area contributed by atoms with Crippen molar-refractivity contribution in [3.63, 3.8) is 0 Å². The lowest BCUT2D eigenvalue weighted by atomic mass is 10.2. The zero-order valence-electron chi connectivity index (χ0n) is 15.8. The van der Waals surface area contributed by atoms with Gasteiger partial charge in [0.1, 0.15) is 5.82 Å². The number of aromatic nitrogens is 2. The first-order valence-electron chi connectivity index (χ1n) is 9.45. The third kappa shape index (κ3) is 4.50. The van der Waals surface area contributed by atoms with Crippen LogP contribution in [0.1, 0.15) is 43.3 Å². The highest BCUT2D eigenvalue weighted by Crippen LogP contribution is 2.22. The molecular weight excluding hydrogens is 308 g/mol. The molecular formula is C21H30N4. The molecule has 1 unspecified atom stereocenters. The van der Waals surface area contributed by atoms with Gasteiger partial charge in [-0.25, -0.2) is 4.98 Å².